The highest BCUT2D eigenvalue weighted by atomic mass is 16.5. The van der Waals surface area contributed by atoms with Gasteiger partial charge in [0, 0.05) is 11.8 Å². The molecule has 0 radical (unpaired) electrons. The molecule has 0 N–H and O–H groups in total. The Morgan fingerprint density at radius 3 is 2.59 bits per heavy atom. The molecular formula is C13H14N2O2. The van der Waals surface area contributed by atoms with Crippen LogP contribution in [0.15, 0.2) is 36.5 Å². The van der Waals surface area contributed by atoms with E-state index in [1.165, 1.54) is 0 Å². The Labute approximate surface area is 99.8 Å². The zero-order chi connectivity index (χ0) is 12.3. The third-order valence-electron chi connectivity index (χ3n) is 2.41. The number of carbonyl (C=O) groups excluding carboxylic acids is 1. The minimum Gasteiger partial charge on any atom is -0.497 e. The molecule has 0 saturated heterocycles. The van der Waals surface area contributed by atoms with Crippen molar-refractivity contribution in [1.82, 2.24) is 9.78 Å². The lowest BCUT2D eigenvalue weighted by Gasteiger charge is -2.00. The van der Waals surface area contributed by atoms with Crippen LogP contribution >= 0.6 is 0 Å². The van der Waals surface area contributed by atoms with E-state index in [0.717, 1.165) is 17.0 Å². The van der Waals surface area contributed by atoms with Crippen LogP contribution in [-0.4, -0.2) is 22.7 Å². The second-order valence-electron chi connectivity index (χ2n) is 3.83. The number of Topliss-reactive ketones (excluding diaryl/α,β-unsaturated/α-hetero) is 1. The van der Waals surface area contributed by atoms with Gasteiger partial charge in [0.15, 0.2) is 5.78 Å². The molecule has 4 nitrogen and oxygen atoms in total. The molecule has 0 spiro atoms. The number of rotatable bonds is 4. The number of benzene rings is 1. The predicted molar refractivity (Wildman–Crippen MR) is 64.9 cm³/mol. The van der Waals surface area contributed by atoms with Crippen LogP contribution in [0, 0.1) is 0 Å². The minimum absolute atomic E-state index is 0.0920. The maximum absolute atomic E-state index is 11.0. The van der Waals surface area contributed by atoms with Gasteiger partial charge in [-0.25, -0.2) is 0 Å². The largest absolute Gasteiger partial charge is 0.497 e. The van der Waals surface area contributed by atoms with Crippen molar-refractivity contribution in [1.29, 1.82) is 0 Å². The summed E-state index contributed by atoms with van der Waals surface area (Å²) in [5.41, 5.74) is 1.86. The second kappa shape index (κ2) is 4.82. The van der Waals surface area contributed by atoms with Crippen molar-refractivity contribution < 1.29 is 9.53 Å². The molecule has 17 heavy (non-hydrogen) atoms. The molecule has 1 heterocycles. The summed E-state index contributed by atoms with van der Waals surface area (Å²) in [6.07, 6.45) is 1.81. The summed E-state index contributed by atoms with van der Waals surface area (Å²) in [6.45, 7) is 1.87. The first-order valence-corrected chi connectivity index (χ1v) is 5.36. The smallest absolute Gasteiger partial charge is 0.151 e. The van der Waals surface area contributed by atoms with Gasteiger partial charge in [-0.05, 0) is 37.3 Å². The number of methoxy groups -OCH3 is 1. The van der Waals surface area contributed by atoms with Crippen LogP contribution in [0.25, 0.3) is 11.3 Å². The zero-order valence-corrected chi connectivity index (χ0v) is 9.88. The summed E-state index contributed by atoms with van der Waals surface area (Å²) >= 11 is 0. The Kier molecular flexibility index (Phi) is 3.23. The van der Waals surface area contributed by atoms with Crippen LogP contribution in [0.5, 0.6) is 5.75 Å². The molecular weight excluding hydrogens is 216 g/mol. The normalized spacial score (nSPS) is 10.2. The van der Waals surface area contributed by atoms with Crippen molar-refractivity contribution in [3.05, 3.63) is 36.5 Å². The van der Waals surface area contributed by atoms with E-state index in [9.17, 15) is 4.79 Å². The van der Waals surface area contributed by atoms with Crippen molar-refractivity contribution in [2.24, 2.45) is 0 Å². The van der Waals surface area contributed by atoms with Gasteiger partial charge in [0.25, 0.3) is 0 Å². The average Bonchev–Trinajstić information content (AvgIpc) is 2.77. The third kappa shape index (κ3) is 2.72. The summed E-state index contributed by atoms with van der Waals surface area (Å²) in [4.78, 5) is 11.0. The fraction of sp³-hybridized carbons (Fsp3) is 0.231. The predicted octanol–water partition coefficient (Wildman–Crippen LogP) is 2.15. The number of aromatic nitrogens is 2. The van der Waals surface area contributed by atoms with Gasteiger partial charge in [-0.2, -0.15) is 5.10 Å². The molecule has 0 atom stereocenters. The van der Waals surface area contributed by atoms with Gasteiger partial charge in [0.2, 0.25) is 0 Å². The molecule has 2 rings (SSSR count). The number of hydrogen-bond acceptors (Lipinski definition) is 3. The van der Waals surface area contributed by atoms with Crippen molar-refractivity contribution in [3.63, 3.8) is 0 Å². The molecule has 0 fully saturated rings. The third-order valence-corrected chi connectivity index (χ3v) is 2.41. The van der Waals surface area contributed by atoms with Crippen LogP contribution in [0.4, 0.5) is 0 Å². The number of hydrogen-bond donors (Lipinski definition) is 0. The maximum Gasteiger partial charge on any atom is 0.151 e. The lowest BCUT2D eigenvalue weighted by Crippen LogP contribution is -2.06. The molecule has 0 unspecified atom stereocenters. The van der Waals surface area contributed by atoms with Gasteiger partial charge in [0.05, 0.1) is 19.3 Å². The summed E-state index contributed by atoms with van der Waals surface area (Å²) in [6, 6.07) is 9.56. The molecule has 88 valence electrons. The van der Waals surface area contributed by atoms with Crippen LogP contribution in [0.3, 0.4) is 0 Å². The molecule has 0 aliphatic heterocycles. The van der Waals surface area contributed by atoms with Gasteiger partial charge in [-0.1, -0.05) is 0 Å². The Morgan fingerprint density at radius 1 is 1.29 bits per heavy atom. The topological polar surface area (TPSA) is 44.1 Å². The first-order chi connectivity index (χ1) is 8.19. The average molecular weight is 230 g/mol. The highest BCUT2D eigenvalue weighted by Crippen LogP contribution is 2.20. The standard InChI is InChI=1S/C13H14N2O2/c1-10(16)9-15-8-7-13(14-15)11-3-5-12(17-2)6-4-11/h3-8H,9H2,1-2H3. The van der Waals surface area contributed by atoms with Gasteiger partial charge in [0.1, 0.15) is 5.75 Å². The van der Waals surface area contributed by atoms with E-state index in [1.807, 2.05) is 30.3 Å². The van der Waals surface area contributed by atoms with Crippen LogP contribution in [0.2, 0.25) is 0 Å². The fourth-order valence-corrected chi connectivity index (χ4v) is 1.59. The summed E-state index contributed by atoms with van der Waals surface area (Å²) in [7, 11) is 1.64. The molecule has 1 aromatic heterocycles. The number of carbonyl (C=O) groups is 1. The lowest BCUT2D eigenvalue weighted by atomic mass is 10.1. The quantitative estimate of drug-likeness (QED) is 0.808. The number of ether oxygens (including phenoxy) is 1. The molecule has 0 aliphatic carbocycles. The second-order valence-corrected chi connectivity index (χ2v) is 3.83. The van der Waals surface area contributed by atoms with Gasteiger partial charge >= 0.3 is 0 Å². The van der Waals surface area contributed by atoms with Crippen molar-refractivity contribution in [3.8, 4) is 17.0 Å². The summed E-state index contributed by atoms with van der Waals surface area (Å²) in [5.74, 6) is 0.909. The Bertz CT molecular complexity index is 514. The Balaban J connectivity index is 2.21. The highest BCUT2D eigenvalue weighted by Gasteiger charge is 2.03. The first kappa shape index (κ1) is 11.4. The fourth-order valence-electron chi connectivity index (χ4n) is 1.59. The molecule has 0 bridgehead atoms. The molecule has 0 saturated carbocycles. The minimum atomic E-state index is 0.0920. The number of nitrogens with zero attached hydrogens (tertiary/aromatic N) is 2. The molecule has 0 amide bonds. The summed E-state index contributed by atoms with van der Waals surface area (Å²) in [5, 5.41) is 4.33. The van der Waals surface area contributed by atoms with Crippen LogP contribution in [-0.2, 0) is 11.3 Å². The van der Waals surface area contributed by atoms with Crippen molar-refractivity contribution >= 4 is 5.78 Å². The Hall–Kier alpha value is -2.10. The lowest BCUT2D eigenvalue weighted by molar-refractivity contribution is -0.117. The zero-order valence-electron chi connectivity index (χ0n) is 9.88. The SMILES string of the molecule is COc1ccc(-c2ccn(CC(C)=O)n2)cc1. The molecule has 0 aliphatic rings. The van der Waals surface area contributed by atoms with Crippen LogP contribution in [0.1, 0.15) is 6.92 Å². The van der Waals surface area contributed by atoms with Crippen molar-refractivity contribution in [2.75, 3.05) is 7.11 Å². The van der Waals surface area contributed by atoms with Crippen LogP contribution < -0.4 is 4.74 Å². The van der Waals surface area contributed by atoms with E-state index in [4.69, 9.17) is 4.74 Å². The van der Waals surface area contributed by atoms with E-state index in [1.54, 1.807) is 24.9 Å². The van der Waals surface area contributed by atoms with E-state index in [2.05, 4.69) is 5.10 Å². The van der Waals surface area contributed by atoms with Gasteiger partial charge < -0.3 is 4.74 Å². The number of ketones is 1. The molecule has 2 aromatic rings. The van der Waals surface area contributed by atoms with E-state index >= 15 is 0 Å². The molecule has 1 aromatic carbocycles. The van der Waals surface area contributed by atoms with Gasteiger partial charge in [-0.15, -0.1) is 0 Å². The molecule has 4 heteroatoms. The van der Waals surface area contributed by atoms with E-state index in [-0.39, 0.29) is 5.78 Å². The maximum atomic E-state index is 11.0. The van der Waals surface area contributed by atoms with E-state index in [0.29, 0.717) is 6.54 Å². The monoisotopic (exact) mass is 230 g/mol. The van der Waals surface area contributed by atoms with E-state index < -0.39 is 0 Å². The Morgan fingerprint density at radius 2 is 2.00 bits per heavy atom. The highest BCUT2D eigenvalue weighted by molar-refractivity contribution is 5.75. The first-order valence-electron chi connectivity index (χ1n) is 5.36. The summed E-state index contributed by atoms with van der Waals surface area (Å²) < 4.78 is 6.73. The van der Waals surface area contributed by atoms with Crippen molar-refractivity contribution in [2.45, 2.75) is 13.5 Å². The van der Waals surface area contributed by atoms with Gasteiger partial charge in [-0.3, -0.25) is 9.48 Å².